The zero-order valence-corrected chi connectivity index (χ0v) is 11.6. The van der Waals surface area contributed by atoms with E-state index in [9.17, 15) is 4.79 Å². The topological polar surface area (TPSA) is 68.0 Å². The molecule has 0 saturated heterocycles. The number of rotatable bonds is 4. The van der Waals surface area contributed by atoms with Gasteiger partial charge in [-0.3, -0.25) is 4.98 Å². The van der Waals surface area contributed by atoms with Crippen LogP contribution in [0.5, 0.6) is 0 Å². The minimum absolute atomic E-state index is 0.689. The fourth-order valence-electron chi connectivity index (χ4n) is 2.11. The van der Waals surface area contributed by atoms with Crippen molar-refractivity contribution in [2.45, 2.75) is 0 Å². The van der Waals surface area contributed by atoms with Crippen LogP contribution in [0.4, 0.5) is 0 Å². The Bertz CT molecular complexity index is 808. The number of hydrogen-bond acceptors (Lipinski definition) is 3. The summed E-state index contributed by atoms with van der Waals surface area (Å²) in [5.41, 5.74) is 3.15. The van der Waals surface area contributed by atoms with Crippen LogP contribution in [0.3, 0.4) is 0 Å². The minimum atomic E-state index is -0.996. The Hall–Kier alpha value is -3.21. The molecular weight excluding hydrogens is 278 g/mol. The minimum Gasteiger partial charge on any atom is -0.478 e. The normalized spacial score (nSPS) is 10.9. The number of carboxylic acids is 1. The standard InChI is InChI=1S/C17H13N3O2/c21-16(22)9-8-14-12-20(15-6-2-1-3-7-15)19-17(14)13-5-4-10-18-11-13/h1-12H,(H,21,22)/b9-8+. The van der Waals surface area contributed by atoms with Crippen LogP contribution in [0.1, 0.15) is 5.56 Å². The van der Waals surface area contributed by atoms with Crippen molar-refractivity contribution in [1.29, 1.82) is 0 Å². The fraction of sp³-hybridized carbons (Fsp3) is 0. The molecule has 3 aromatic rings. The zero-order valence-electron chi connectivity index (χ0n) is 11.6. The van der Waals surface area contributed by atoms with Crippen LogP contribution in [0, 0.1) is 0 Å². The molecule has 1 N–H and O–H groups in total. The third-order valence-electron chi connectivity index (χ3n) is 3.10. The Kier molecular flexibility index (Phi) is 3.78. The van der Waals surface area contributed by atoms with Gasteiger partial charge in [0.2, 0.25) is 0 Å². The monoisotopic (exact) mass is 291 g/mol. The van der Waals surface area contributed by atoms with Gasteiger partial charge in [-0.25, -0.2) is 9.48 Å². The Morgan fingerprint density at radius 1 is 1.14 bits per heavy atom. The molecule has 2 aromatic heterocycles. The molecule has 0 aliphatic heterocycles. The van der Waals surface area contributed by atoms with Gasteiger partial charge in [0.25, 0.3) is 0 Å². The SMILES string of the molecule is O=C(O)/C=C/c1cn(-c2ccccc2)nc1-c1cccnc1. The van der Waals surface area contributed by atoms with E-state index in [4.69, 9.17) is 5.11 Å². The number of nitrogens with zero attached hydrogens (tertiary/aromatic N) is 3. The molecule has 0 unspecified atom stereocenters. The molecule has 0 fully saturated rings. The Balaban J connectivity index is 2.11. The van der Waals surface area contributed by atoms with Crippen molar-refractivity contribution in [1.82, 2.24) is 14.8 Å². The maximum Gasteiger partial charge on any atom is 0.328 e. The van der Waals surface area contributed by atoms with Crippen LogP contribution in [0.15, 0.2) is 67.1 Å². The lowest BCUT2D eigenvalue weighted by Crippen LogP contribution is -1.94. The van der Waals surface area contributed by atoms with Gasteiger partial charge in [-0.1, -0.05) is 18.2 Å². The van der Waals surface area contributed by atoms with Gasteiger partial charge < -0.3 is 5.11 Å². The lowest BCUT2D eigenvalue weighted by molar-refractivity contribution is -0.131. The molecule has 5 nitrogen and oxygen atoms in total. The van der Waals surface area contributed by atoms with Gasteiger partial charge >= 0.3 is 5.97 Å². The van der Waals surface area contributed by atoms with Gasteiger partial charge in [0, 0.05) is 35.8 Å². The first-order valence-corrected chi connectivity index (χ1v) is 6.70. The highest BCUT2D eigenvalue weighted by atomic mass is 16.4. The van der Waals surface area contributed by atoms with Crippen molar-refractivity contribution < 1.29 is 9.90 Å². The molecular formula is C17H13N3O2. The number of carbonyl (C=O) groups is 1. The van der Waals surface area contributed by atoms with Crippen LogP contribution >= 0.6 is 0 Å². The lowest BCUT2D eigenvalue weighted by Gasteiger charge is -1.99. The van der Waals surface area contributed by atoms with Crippen LogP contribution in [0.25, 0.3) is 23.0 Å². The summed E-state index contributed by atoms with van der Waals surface area (Å²) >= 11 is 0. The average molecular weight is 291 g/mol. The van der Waals surface area contributed by atoms with E-state index < -0.39 is 5.97 Å². The maximum absolute atomic E-state index is 10.8. The van der Waals surface area contributed by atoms with E-state index >= 15 is 0 Å². The summed E-state index contributed by atoms with van der Waals surface area (Å²) in [7, 11) is 0. The number of hydrogen-bond donors (Lipinski definition) is 1. The fourth-order valence-corrected chi connectivity index (χ4v) is 2.11. The summed E-state index contributed by atoms with van der Waals surface area (Å²) in [5.74, 6) is -0.996. The van der Waals surface area contributed by atoms with Gasteiger partial charge in [-0.05, 0) is 30.3 Å². The third-order valence-corrected chi connectivity index (χ3v) is 3.10. The highest BCUT2D eigenvalue weighted by Gasteiger charge is 2.10. The Morgan fingerprint density at radius 3 is 2.64 bits per heavy atom. The van der Waals surface area contributed by atoms with E-state index in [0.29, 0.717) is 5.69 Å². The van der Waals surface area contributed by atoms with Gasteiger partial charge in [-0.2, -0.15) is 5.10 Å². The van der Waals surface area contributed by atoms with Crippen molar-refractivity contribution in [2.75, 3.05) is 0 Å². The maximum atomic E-state index is 10.8. The first-order valence-electron chi connectivity index (χ1n) is 6.70. The first-order chi connectivity index (χ1) is 10.7. The summed E-state index contributed by atoms with van der Waals surface area (Å²) in [4.78, 5) is 14.9. The van der Waals surface area contributed by atoms with E-state index in [1.54, 1.807) is 23.3 Å². The third kappa shape index (κ3) is 2.93. The van der Waals surface area contributed by atoms with Crippen molar-refractivity contribution in [3.8, 4) is 16.9 Å². The number of carboxylic acid groups (broad SMARTS) is 1. The van der Waals surface area contributed by atoms with E-state index in [1.165, 1.54) is 6.08 Å². The molecule has 1 aromatic carbocycles. The van der Waals surface area contributed by atoms with E-state index in [0.717, 1.165) is 22.9 Å². The summed E-state index contributed by atoms with van der Waals surface area (Å²) in [6, 6.07) is 13.4. The largest absolute Gasteiger partial charge is 0.478 e. The molecule has 5 heteroatoms. The van der Waals surface area contributed by atoms with Gasteiger partial charge in [-0.15, -0.1) is 0 Å². The Labute approximate surface area is 127 Å². The predicted octanol–water partition coefficient (Wildman–Crippen LogP) is 3.03. The molecule has 0 bridgehead atoms. The predicted molar refractivity (Wildman–Crippen MR) is 83.5 cm³/mol. The molecule has 0 saturated carbocycles. The molecule has 3 rings (SSSR count). The van der Waals surface area contributed by atoms with E-state index in [1.807, 2.05) is 42.5 Å². The number of pyridine rings is 1. The van der Waals surface area contributed by atoms with E-state index in [2.05, 4.69) is 10.1 Å². The highest BCUT2D eigenvalue weighted by Crippen LogP contribution is 2.24. The second-order valence-corrected chi connectivity index (χ2v) is 4.63. The summed E-state index contributed by atoms with van der Waals surface area (Å²) in [6.45, 7) is 0. The molecule has 0 aliphatic rings. The quantitative estimate of drug-likeness (QED) is 0.750. The second kappa shape index (κ2) is 6.05. The molecule has 0 radical (unpaired) electrons. The van der Waals surface area contributed by atoms with E-state index in [-0.39, 0.29) is 0 Å². The molecule has 0 spiro atoms. The average Bonchev–Trinajstić information content (AvgIpc) is 2.99. The number of benzene rings is 1. The van der Waals surface area contributed by atoms with Crippen LogP contribution < -0.4 is 0 Å². The van der Waals surface area contributed by atoms with Crippen molar-refractivity contribution in [3.05, 3.63) is 72.7 Å². The molecule has 0 aliphatic carbocycles. The zero-order chi connectivity index (χ0) is 15.4. The summed E-state index contributed by atoms with van der Waals surface area (Å²) in [5, 5.41) is 13.4. The van der Waals surface area contributed by atoms with Gasteiger partial charge in [0.15, 0.2) is 0 Å². The smallest absolute Gasteiger partial charge is 0.328 e. The number of aromatic nitrogens is 3. The molecule has 0 atom stereocenters. The molecule has 108 valence electrons. The molecule has 0 amide bonds. The van der Waals surface area contributed by atoms with Crippen LogP contribution in [0.2, 0.25) is 0 Å². The molecule has 2 heterocycles. The summed E-state index contributed by atoms with van der Waals surface area (Å²) in [6.07, 6.45) is 7.83. The van der Waals surface area contributed by atoms with Gasteiger partial charge in [0.1, 0.15) is 5.69 Å². The number of para-hydroxylation sites is 1. The van der Waals surface area contributed by atoms with Gasteiger partial charge in [0.05, 0.1) is 5.69 Å². The second-order valence-electron chi connectivity index (χ2n) is 4.63. The number of aliphatic carboxylic acids is 1. The van der Waals surface area contributed by atoms with Crippen molar-refractivity contribution >= 4 is 12.0 Å². The summed E-state index contributed by atoms with van der Waals surface area (Å²) < 4.78 is 1.73. The van der Waals surface area contributed by atoms with Crippen LogP contribution in [-0.4, -0.2) is 25.8 Å². The molecule has 22 heavy (non-hydrogen) atoms. The Morgan fingerprint density at radius 2 is 1.95 bits per heavy atom. The highest BCUT2D eigenvalue weighted by molar-refractivity contribution is 5.87. The van der Waals surface area contributed by atoms with Crippen molar-refractivity contribution in [3.63, 3.8) is 0 Å². The van der Waals surface area contributed by atoms with Crippen LogP contribution in [-0.2, 0) is 4.79 Å². The van der Waals surface area contributed by atoms with Crippen molar-refractivity contribution in [2.24, 2.45) is 0 Å². The first kappa shape index (κ1) is 13.8. The lowest BCUT2D eigenvalue weighted by atomic mass is 10.1.